The number of hydrogen-bond donors (Lipinski definition) is 3. The average molecular weight is 404 g/mol. The molecule has 0 saturated carbocycles. The lowest BCUT2D eigenvalue weighted by molar-refractivity contribution is 0.0976. The van der Waals surface area contributed by atoms with Crippen LogP contribution < -0.4 is 16.0 Å². The van der Waals surface area contributed by atoms with Crippen LogP contribution in [0.4, 0.5) is 11.4 Å². The van der Waals surface area contributed by atoms with Gasteiger partial charge in [-0.25, -0.2) is 0 Å². The zero-order valence-electron chi connectivity index (χ0n) is 16.2. The van der Waals surface area contributed by atoms with Crippen molar-refractivity contribution in [1.82, 2.24) is 5.32 Å². The van der Waals surface area contributed by atoms with Crippen molar-refractivity contribution in [2.75, 3.05) is 10.6 Å². The molecule has 0 heterocycles. The Balaban J connectivity index is 1.56. The summed E-state index contributed by atoms with van der Waals surface area (Å²) in [7, 11) is 0. The lowest BCUT2D eigenvalue weighted by Crippen LogP contribution is -2.34. The number of aryl methyl sites for hydroxylation is 2. The first-order chi connectivity index (χ1) is 13.9. The summed E-state index contributed by atoms with van der Waals surface area (Å²) in [6.45, 7) is 3.86. The predicted molar refractivity (Wildman–Crippen MR) is 120 cm³/mol. The second kappa shape index (κ2) is 9.12. The molecule has 6 heteroatoms. The minimum Gasteiger partial charge on any atom is -0.332 e. The quantitative estimate of drug-likeness (QED) is 0.553. The first-order valence-corrected chi connectivity index (χ1v) is 9.49. The maximum absolute atomic E-state index is 12.4. The smallest absolute Gasteiger partial charge is 0.257 e. The Morgan fingerprint density at radius 2 is 1.31 bits per heavy atom. The van der Waals surface area contributed by atoms with Gasteiger partial charge in [-0.1, -0.05) is 35.9 Å². The maximum Gasteiger partial charge on any atom is 0.257 e. The van der Waals surface area contributed by atoms with Crippen molar-refractivity contribution in [3.63, 3.8) is 0 Å². The average Bonchev–Trinajstić information content (AvgIpc) is 2.70. The fourth-order valence-corrected chi connectivity index (χ4v) is 2.92. The Morgan fingerprint density at radius 3 is 1.93 bits per heavy atom. The van der Waals surface area contributed by atoms with E-state index in [9.17, 15) is 9.59 Å². The fourth-order valence-electron chi connectivity index (χ4n) is 2.71. The fraction of sp³-hybridized carbons (Fsp3) is 0.0870. The third kappa shape index (κ3) is 5.49. The van der Waals surface area contributed by atoms with Gasteiger partial charge in [0.2, 0.25) is 0 Å². The molecule has 0 radical (unpaired) electrons. The summed E-state index contributed by atoms with van der Waals surface area (Å²) in [5.74, 6) is -0.436. The molecule has 3 N–H and O–H groups in total. The van der Waals surface area contributed by atoms with Crippen molar-refractivity contribution in [3.05, 3.63) is 95.1 Å². The number of carbonyl (C=O) groups is 2. The molecule has 0 atom stereocenters. The molecule has 29 heavy (non-hydrogen) atoms. The van der Waals surface area contributed by atoms with Gasteiger partial charge in [-0.3, -0.25) is 14.9 Å². The molecule has 0 aliphatic rings. The lowest BCUT2D eigenvalue weighted by Gasteiger charge is -2.11. The van der Waals surface area contributed by atoms with Gasteiger partial charge in [0.25, 0.3) is 11.8 Å². The van der Waals surface area contributed by atoms with Crippen LogP contribution in [0.2, 0.25) is 0 Å². The molecule has 0 fully saturated rings. The standard InChI is InChI=1S/C23H21N3O2S/c1-15-7-9-17(10-8-15)21(27)26-23(29)25-19-13-11-18(12-14-19)24-22(28)20-6-4-3-5-16(20)2/h3-14H,1-2H3,(H,24,28)(H2,25,26,27,29). The normalized spacial score (nSPS) is 10.1. The molecule has 0 unspecified atom stereocenters. The number of rotatable bonds is 4. The van der Waals surface area contributed by atoms with Crippen LogP contribution in [0, 0.1) is 13.8 Å². The van der Waals surface area contributed by atoms with Gasteiger partial charge < -0.3 is 10.6 Å². The molecule has 3 aromatic carbocycles. The monoisotopic (exact) mass is 403 g/mol. The molecule has 0 bridgehead atoms. The van der Waals surface area contributed by atoms with E-state index in [1.807, 2.05) is 44.2 Å². The Labute approximate surface area is 175 Å². The lowest BCUT2D eigenvalue weighted by atomic mass is 10.1. The largest absolute Gasteiger partial charge is 0.332 e. The number of benzene rings is 3. The van der Waals surface area contributed by atoms with Crippen LogP contribution in [0.3, 0.4) is 0 Å². The van der Waals surface area contributed by atoms with Crippen molar-refractivity contribution in [3.8, 4) is 0 Å². The Hall–Kier alpha value is -3.51. The molecule has 5 nitrogen and oxygen atoms in total. The Kier molecular flexibility index (Phi) is 6.36. The summed E-state index contributed by atoms with van der Waals surface area (Å²) in [6.07, 6.45) is 0. The third-order valence-electron chi connectivity index (χ3n) is 4.33. The SMILES string of the molecule is Cc1ccc(C(=O)NC(=S)Nc2ccc(NC(=O)c3ccccc3C)cc2)cc1. The number of anilines is 2. The number of nitrogens with one attached hydrogen (secondary N) is 3. The highest BCUT2D eigenvalue weighted by atomic mass is 32.1. The van der Waals surface area contributed by atoms with Crippen molar-refractivity contribution in [2.45, 2.75) is 13.8 Å². The van der Waals surface area contributed by atoms with E-state index < -0.39 is 0 Å². The summed E-state index contributed by atoms with van der Waals surface area (Å²) >= 11 is 5.21. The molecule has 0 spiro atoms. The van der Waals surface area contributed by atoms with E-state index in [-0.39, 0.29) is 16.9 Å². The second-order valence-corrected chi connectivity index (χ2v) is 7.03. The van der Waals surface area contributed by atoms with E-state index in [2.05, 4.69) is 16.0 Å². The number of amides is 2. The van der Waals surface area contributed by atoms with Gasteiger partial charge in [-0.15, -0.1) is 0 Å². The molecule has 0 aromatic heterocycles. The summed E-state index contributed by atoms with van der Waals surface area (Å²) in [4.78, 5) is 24.6. The number of thiocarbonyl (C=S) groups is 1. The Morgan fingerprint density at radius 1 is 0.724 bits per heavy atom. The van der Waals surface area contributed by atoms with E-state index in [0.717, 1.165) is 11.1 Å². The van der Waals surface area contributed by atoms with E-state index in [1.165, 1.54) is 0 Å². The van der Waals surface area contributed by atoms with Crippen LogP contribution in [0.25, 0.3) is 0 Å². The molecule has 2 amide bonds. The third-order valence-corrected chi connectivity index (χ3v) is 4.54. The summed E-state index contributed by atoms with van der Waals surface area (Å²) in [5.41, 5.74) is 4.53. The molecule has 0 aliphatic heterocycles. The molecule has 146 valence electrons. The predicted octanol–water partition coefficient (Wildman–Crippen LogP) is 4.68. The van der Waals surface area contributed by atoms with Gasteiger partial charge >= 0.3 is 0 Å². The first-order valence-electron chi connectivity index (χ1n) is 9.08. The van der Waals surface area contributed by atoms with E-state index in [4.69, 9.17) is 12.2 Å². The highest BCUT2D eigenvalue weighted by molar-refractivity contribution is 7.80. The van der Waals surface area contributed by atoms with Gasteiger partial charge in [0.05, 0.1) is 0 Å². The Bertz CT molecular complexity index is 1040. The van der Waals surface area contributed by atoms with Crippen LogP contribution >= 0.6 is 12.2 Å². The molecule has 3 rings (SSSR count). The van der Waals surface area contributed by atoms with Gasteiger partial charge in [0, 0.05) is 22.5 Å². The minimum absolute atomic E-state index is 0.162. The number of carbonyl (C=O) groups excluding carboxylic acids is 2. The maximum atomic E-state index is 12.4. The zero-order valence-corrected chi connectivity index (χ0v) is 17.0. The van der Waals surface area contributed by atoms with Crippen molar-refractivity contribution >= 4 is 40.5 Å². The topological polar surface area (TPSA) is 70.2 Å². The van der Waals surface area contributed by atoms with E-state index in [0.29, 0.717) is 22.5 Å². The molecular weight excluding hydrogens is 382 g/mol. The highest BCUT2D eigenvalue weighted by Crippen LogP contribution is 2.16. The summed E-state index contributed by atoms with van der Waals surface area (Å²) in [5, 5.41) is 8.68. The van der Waals surface area contributed by atoms with Gasteiger partial charge in [-0.05, 0) is 74.1 Å². The van der Waals surface area contributed by atoms with Gasteiger partial charge in [-0.2, -0.15) is 0 Å². The van der Waals surface area contributed by atoms with Crippen LogP contribution in [0.1, 0.15) is 31.8 Å². The van der Waals surface area contributed by atoms with Crippen molar-refractivity contribution in [2.24, 2.45) is 0 Å². The van der Waals surface area contributed by atoms with Crippen LogP contribution in [-0.2, 0) is 0 Å². The van der Waals surface area contributed by atoms with E-state index >= 15 is 0 Å². The first kappa shape index (κ1) is 20.2. The van der Waals surface area contributed by atoms with Crippen LogP contribution in [0.5, 0.6) is 0 Å². The van der Waals surface area contributed by atoms with Crippen molar-refractivity contribution in [1.29, 1.82) is 0 Å². The van der Waals surface area contributed by atoms with E-state index in [1.54, 1.807) is 42.5 Å². The summed E-state index contributed by atoms with van der Waals surface area (Å²) in [6, 6.07) is 21.7. The molecule has 0 saturated heterocycles. The summed E-state index contributed by atoms with van der Waals surface area (Å²) < 4.78 is 0. The van der Waals surface area contributed by atoms with Crippen LogP contribution in [0.15, 0.2) is 72.8 Å². The number of hydrogen-bond acceptors (Lipinski definition) is 3. The molecular formula is C23H21N3O2S. The van der Waals surface area contributed by atoms with Crippen LogP contribution in [-0.4, -0.2) is 16.9 Å². The second-order valence-electron chi connectivity index (χ2n) is 6.62. The van der Waals surface area contributed by atoms with Crippen molar-refractivity contribution < 1.29 is 9.59 Å². The minimum atomic E-state index is -0.274. The van der Waals surface area contributed by atoms with Gasteiger partial charge in [0.1, 0.15) is 0 Å². The highest BCUT2D eigenvalue weighted by Gasteiger charge is 2.10. The molecule has 3 aromatic rings. The van der Waals surface area contributed by atoms with Gasteiger partial charge in [0.15, 0.2) is 5.11 Å². The molecule has 0 aliphatic carbocycles. The zero-order chi connectivity index (χ0) is 20.8.